The third kappa shape index (κ3) is 4.61. The molecule has 1 atom stereocenters. The summed E-state index contributed by atoms with van der Waals surface area (Å²) < 4.78 is 5.79. The number of piperidine rings is 1. The van der Waals surface area contributed by atoms with Crippen LogP contribution >= 0.6 is 0 Å². The number of hydrogen-bond acceptors (Lipinski definition) is 3. The van der Waals surface area contributed by atoms with Crippen LogP contribution in [-0.4, -0.2) is 36.9 Å². The number of quaternary nitrogens is 1. The molecule has 138 valence electrons. The number of carbonyl (C=O) groups excluding carboxylic acids is 1. The van der Waals surface area contributed by atoms with Gasteiger partial charge in [-0.3, -0.25) is 4.79 Å². The molecule has 1 saturated heterocycles. The summed E-state index contributed by atoms with van der Waals surface area (Å²) in [5.74, 6) is 0.470. The van der Waals surface area contributed by atoms with E-state index in [9.17, 15) is 4.79 Å². The maximum Gasteiger partial charge on any atom is 0.280 e. The zero-order valence-electron chi connectivity index (χ0n) is 15.8. The van der Waals surface area contributed by atoms with Gasteiger partial charge in [-0.1, -0.05) is 30.3 Å². The molecule has 0 aliphatic carbocycles. The predicted octanol–water partition coefficient (Wildman–Crippen LogP) is 2.17. The van der Waals surface area contributed by atoms with Gasteiger partial charge in [0, 0.05) is 18.6 Å². The molecule has 0 radical (unpaired) electrons. The average Bonchev–Trinajstić information content (AvgIpc) is 2.66. The summed E-state index contributed by atoms with van der Waals surface area (Å²) in [5, 5.41) is 6.56. The van der Waals surface area contributed by atoms with Gasteiger partial charge in [-0.05, 0) is 43.7 Å². The summed E-state index contributed by atoms with van der Waals surface area (Å²) in [5.41, 5.74) is 3.74. The first-order valence-electron chi connectivity index (χ1n) is 9.38. The molecule has 2 aromatic rings. The van der Waals surface area contributed by atoms with Crippen LogP contribution in [0.1, 0.15) is 33.6 Å². The molecule has 1 amide bonds. The number of carbonyl (C=O) groups is 1. The number of ether oxygens (including phenoxy) is 1. The Labute approximate surface area is 155 Å². The summed E-state index contributed by atoms with van der Waals surface area (Å²) in [6.07, 6.45) is 1.28. The average molecular weight is 354 g/mol. The Kier molecular flexibility index (Phi) is 5.89. The van der Waals surface area contributed by atoms with Crippen molar-refractivity contribution < 1.29 is 14.4 Å². The molecule has 0 spiro atoms. The molecule has 26 heavy (non-hydrogen) atoms. The minimum atomic E-state index is -0.595. The zero-order valence-corrected chi connectivity index (χ0v) is 15.8. The molecule has 1 aliphatic rings. The Bertz CT molecular complexity index is 791. The quantitative estimate of drug-likeness (QED) is 0.809. The Balaban J connectivity index is 1.53. The lowest BCUT2D eigenvalue weighted by Gasteiger charge is -2.27. The van der Waals surface area contributed by atoms with Crippen molar-refractivity contribution in [3.8, 4) is 5.75 Å². The van der Waals surface area contributed by atoms with Gasteiger partial charge >= 0.3 is 0 Å². The normalized spacial score (nSPS) is 18.6. The van der Waals surface area contributed by atoms with Crippen molar-refractivity contribution in [3.63, 3.8) is 0 Å². The third-order valence-electron chi connectivity index (χ3n) is 5.01. The lowest BCUT2D eigenvalue weighted by Crippen LogP contribution is -3.16. The van der Waals surface area contributed by atoms with Crippen molar-refractivity contribution in [1.82, 2.24) is 5.43 Å². The highest BCUT2D eigenvalue weighted by Gasteiger charge is 2.21. The Morgan fingerprint density at radius 2 is 1.77 bits per heavy atom. The lowest BCUT2D eigenvalue weighted by molar-refractivity contribution is -0.922. The Morgan fingerprint density at radius 3 is 2.46 bits per heavy atom. The van der Waals surface area contributed by atoms with Crippen molar-refractivity contribution in [3.05, 3.63) is 42.5 Å². The van der Waals surface area contributed by atoms with Crippen molar-refractivity contribution >= 4 is 22.4 Å². The molecule has 0 aromatic heterocycles. The molecule has 2 aromatic carbocycles. The third-order valence-corrected chi connectivity index (χ3v) is 5.01. The van der Waals surface area contributed by atoms with Crippen LogP contribution < -0.4 is 15.1 Å². The van der Waals surface area contributed by atoms with Crippen molar-refractivity contribution in [2.45, 2.75) is 45.8 Å². The molecule has 2 N–H and O–H groups in total. The van der Waals surface area contributed by atoms with Crippen LogP contribution in [0.25, 0.3) is 10.8 Å². The summed E-state index contributed by atoms with van der Waals surface area (Å²) >= 11 is 0. The molecule has 0 unspecified atom stereocenters. The van der Waals surface area contributed by atoms with Gasteiger partial charge in [0.15, 0.2) is 6.10 Å². The van der Waals surface area contributed by atoms with Gasteiger partial charge in [0.1, 0.15) is 5.75 Å². The van der Waals surface area contributed by atoms with E-state index in [4.69, 9.17) is 4.74 Å². The van der Waals surface area contributed by atoms with E-state index in [0.717, 1.165) is 42.4 Å². The van der Waals surface area contributed by atoms with Crippen LogP contribution in [0, 0.1) is 0 Å². The van der Waals surface area contributed by atoms with Gasteiger partial charge in [0.2, 0.25) is 0 Å². The lowest BCUT2D eigenvalue weighted by atomic mass is 10.1. The second kappa shape index (κ2) is 8.32. The van der Waals surface area contributed by atoms with E-state index in [-0.39, 0.29) is 5.91 Å². The second-order valence-electron chi connectivity index (χ2n) is 7.24. The van der Waals surface area contributed by atoms with Crippen molar-refractivity contribution in [1.29, 1.82) is 0 Å². The van der Waals surface area contributed by atoms with Crippen molar-refractivity contribution in [2.24, 2.45) is 5.10 Å². The number of rotatable bonds is 5. The standard InChI is InChI=1S/C21H27N3O2/c1-15(2)24-12-10-19(11-13-24)22-23-21(25)16(3)26-20-9-8-17-6-4-5-7-18(17)14-20/h4-9,14-16H,10-13H2,1-3H3,(H,23,25)/p+1/t16-/m0/s1. The smallest absolute Gasteiger partial charge is 0.280 e. The van der Waals surface area contributed by atoms with Crippen LogP contribution in [0.5, 0.6) is 5.75 Å². The molecule has 5 nitrogen and oxygen atoms in total. The molecule has 1 fully saturated rings. The number of benzene rings is 2. The first kappa shape index (κ1) is 18.4. The number of fused-ring (bicyclic) bond motifs is 1. The highest BCUT2D eigenvalue weighted by Crippen LogP contribution is 2.21. The van der Waals surface area contributed by atoms with Crippen LogP contribution in [0.15, 0.2) is 47.6 Å². The van der Waals surface area contributed by atoms with Gasteiger partial charge in [-0.15, -0.1) is 0 Å². The van der Waals surface area contributed by atoms with Crippen LogP contribution in [0.4, 0.5) is 0 Å². The number of hydrazone groups is 1. The summed E-state index contributed by atoms with van der Waals surface area (Å²) in [6.45, 7) is 8.39. The molecule has 3 rings (SSSR count). The molecule has 0 bridgehead atoms. The number of amides is 1. The fraction of sp³-hybridized carbons (Fsp3) is 0.429. The SMILES string of the molecule is CC(C)[NH+]1CCC(=NNC(=O)[C@H](C)Oc2ccc3ccccc3c2)CC1. The number of hydrogen-bond donors (Lipinski definition) is 2. The molecule has 0 saturated carbocycles. The van der Waals surface area contributed by atoms with E-state index < -0.39 is 6.10 Å². The number of nitrogens with one attached hydrogen (secondary N) is 2. The van der Waals surface area contributed by atoms with E-state index in [1.54, 1.807) is 11.8 Å². The molecular formula is C21H28N3O2+. The molecule has 5 heteroatoms. The maximum atomic E-state index is 12.3. The van der Waals surface area contributed by atoms with Gasteiger partial charge in [-0.2, -0.15) is 5.10 Å². The number of nitrogens with zero attached hydrogens (tertiary/aromatic N) is 1. The van der Waals surface area contributed by atoms with Gasteiger partial charge in [-0.25, -0.2) is 5.43 Å². The molecular weight excluding hydrogens is 326 g/mol. The monoisotopic (exact) mass is 354 g/mol. The minimum Gasteiger partial charge on any atom is -0.481 e. The fourth-order valence-corrected chi connectivity index (χ4v) is 3.27. The second-order valence-corrected chi connectivity index (χ2v) is 7.24. The maximum absolute atomic E-state index is 12.3. The molecule has 1 heterocycles. The van der Waals surface area contributed by atoms with Crippen molar-refractivity contribution in [2.75, 3.05) is 13.1 Å². The summed E-state index contributed by atoms with van der Waals surface area (Å²) in [6, 6.07) is 14.6. The van der Waals surface area contributed by atoms with E-state index in [1.807, 2.05) is 36.4 Å². The summed E-state index contributed by atoms with van der Waals surface area (Å²) in [4.78, 5) is 13.9. The molecule has 1 aliphatic heterocycles. The first-order chi connectivity index (χ1) is 12.5. The van der Waals surface area contributed by atoms with Crippen LogP contribution in [0.3, 0.4) is 0 Å². The zero-order chi connectivity index (χ0) is 18.5. The Morgan fingerprint density at radius 1 is 1.08 bits per heavy atom. The van der Waals surface area contributed by atoms with Crippen LogP contribution in [0.2, 0.25) is 0 Å². The van der Waals surface area contributed by atoms with Gasteiger partial charge in [0.05, 0.1) is 19.1 Å². The fourth-order valence-electron chi connectivity index (χ4n) is 3.27. The highest BCUT2D eigenvalue weighted by molar-refractivity contribution is 5.88. The largest absolute Gasteiger partial charge is 0.481 e. The predicted molar refractivity (Wildman–Crippen MR) is 105 cm³/mol. The first-order valence-corrected chi connectivity index (χ1v) is 9.38. The van der Waals surface area contributed by atoms with E-state index in [1.165, 1.54) is 0 Å². The van der Waals surface area contributed by atoms with E-state index >= 15 is 0 Å². The minimum absolute atomic E-state index is 0.218. The topological polar surface area (TPSA) is 55.1 Å². The van der Waals surface area contributed by atoms with Gasteiger partial charge in [0.25, 0.3) is 5.91 Å². The number of likely N-dealkylation sites (tertiary alicyclic amines) is 1. The van der Waals surface area contributed by atoms with E-state index in [2.05, 4.69) is 30.4 Å². The van der Waals surface area contributed by atoms with Gasteiger partial charge < -0.3 is 9.64 Å². The summed E-state index contributed by atoms with van der Waals surface area (Å²) in [7, 11) is 0. The van der Waals surface area contributed by atoms with Crippen LogP contribution in [-0.2, 0) is 4.79 Å². The highest BCUT2D eigenvalue weighted by atomic mass is 16.5. The van der Waals surface area contributed by atoms with E-state index in [0.29, 0.717) is 11.8 Å². The Hall–Kier alpha value is -2.40.